The molecule has 1 aliphatic rings. The van der Waals surface area contributed by atoms with E-state index in [1.165, 1.54) is 62.8 Å². The van der Waals surface area contributed by atoms with Gasteiger partial charge in [0, 0.05) is 0 Å². The molecule has 236 valence electrons. The van der Waals surface area contributed by atoms with Gasteiger partial charge < -0.3 is 34.1 Å². The SMILES string of the molecule is COc1ccc(OP(=O)(OC[C@@]2(C(F)F)O[C@@H](n3cnc4c(=O)[nH]c(N)nc43)C(O)C2(F)F)Oc2ccc(OC)cc2)cc1. The number of anilines is 1. The van der Waals surface area contributed by atoms with E-state index in [2.05, 4.69) is 15.0 Å². The van der Waals surface area contributed by atoms with Gasteiger partial charge in [0.15, 0.2) is 23.5 Å². The van der Waals surface area contributed by atoms with Crippen molar-refractivity contribution in [2.75, 3.05) is 26.6 Å². The number of hydrogen-bond acceptors (Lipinski definition) is 12. The van der Waals surface area contributed by atoms with Crippen LogP contribution in [0.4, 0.5) is 23.5 Å². The van der Waals surface area contributed by atoms with E-state index in [0.717, 1.165) is 6.33 Å². The third kappa shape index (κ3) is 5.52. The number of aliphatic hydroxyl groups excluding tert-OH is 1. The number of methoxy groups -OCH3 is 2. The summed E-state index contributed by atoms with van der Waals surface area (Å²) in [5.41, 5.74) is -0.0813. The quantitative estimate of drug-likeness (QED) is 0.160. The first kappa shape index (κ1) is 31.1. The maximum absolute atomic E-state index is 15.6. The molecule has 44 heavy (non-hydrogen) atoms. The molecule has 1 saturated heterocycles. The number of benzene rings is 2. The van der Waals surface area contributed by atoms with Crippen molar-refractivity contribution in [2.24, 2.45) is 0 Å². The first-order valence-electron chi connectivity index (χ1n) is 12.5. The summed E-state index contributed by atoms with van der Waals surface area (Å²) in [6, 6.07) is 10.7. The van der Waals surface area contributed by atoms with Gasteiger partial charge in [-0.05, 0) is 48.5 Å². The maximum Gasteiger partial charge on any atom is 0.587 e. The molecule has 14 nitrogen and oxygen atoms in total. The summed E-state index contributed by atoms with van der Waals surface area (Å²) in [7, 11) is -2.28. The van der Waals surface area contributed by atoms with E-state index in [4.69, 9.17) is 33.5 Å². The van der Waals surface area contributed by atoms with E-state index in [9.17, 15) is 23.2 Å². The van der Waals surface area contributed by atoms with E-state index in [-0.39, 0.29) is 11.5 Å². The van der Waals surface area contributed by atoms with Crippen LogP contribution in [-0.4, -0.2) is 69.5 Å². The molecule has 0 aliphatic carbocycles. The number of halogens is 4. The van der Waals surface area contributed by atoms with Crippen LogP contribution in [0.1, 0.15) is 6.23 Å². The third-order valence-electron chi connectivity index (χ3n) is 6.60. The number of hydrogen-bond donors (Lipinski definition) is 3. The molecule has 0 amide bonds. The zero-order valence-electron chi connectivity index (χ0n) is 22.7. The van der Waals surface area contributed by atoms with Crippen LogP contribution >= 0.6 is 7.82 Å². The molecule has 3 heterocycles. The van der Waals surface area contributed by atoms with Crippen molar-refractivity contribution in [3.8, 4) is 23.0 Å². The number of ether oxygens (including phenoxy) is 3. The Labute approximate surface area is 244 Å². The molecular formula is C25H24F4N5O9P. The number of nitrogens with one attached hydrogen (secondary N) is 1. The number of nitrogens with zero attached hydrogens (tertiary/aromatic N) is 3. The molecule has 0 radical (unpaired) electrons. The summed E-state index contributed by atoms with van der Waals surface area (Å²) >= 11 is 0. The van der Waals surface area contributed by atoms with Crippen molar-refractivity contribution < 1.29 is 55.0 Å². The highest BCUT2D eigenvalue weighted by Gasteiger charge is 2.74. The Morgan fingerprint density at radius 2 is 1.57 bits per heavy atom. The molecule has 2 aromatic heterocycles. The number of alkyl halides is 4. The number of aromatic nitrogens is 4. The third-order valence-corrected chi connectivity index (χ3v) is 7.92. The second kappa shape index (κ2) is 11.6. The number of imidazole rings is 1. The minimum atomic E-state index is -5.06. The summed E-state index contributed by atoms with van der Waals surface area (Å²) < 4.78 is 106. The van der Waals surface area contributed by atoms with E-state index in [1.54, 1.807) is 0 Å². The van der Waals surface area contributed by atoms with Gasteiger partial charge in [-0.25, -0.2) is 18.3 Å². The van der Waals surface area contributed by atoms with Crippen molar-refractivity contribution in [3.05, 3.63) is 65.2 Å². The van der Waals surface area contributed by atoms with Gasteiger partial charge in [0.25, 0.3) is 12.0 Å². The average molecular weight is 645 g/mol. The number of fused-ring (bicyclic) bond motifs is 1. The Bertz CT molecular complexity index is 1690. The molecule has 3 atom stereocenters. The standard InChI is InChI=1S/C25H24F4N5O9P/c1-38-13-3-7-15(8-4-13)42-44(37,43-16-9-5-14(39-2)6-10-16)40-11-24(22(26)27)25(28,29)18(35)21(41-24)34-12-31-17-19(34)32-23(30)33-20(17)36/h3-10,12,18,21-22,35H,11H2,1-2H3,(H3,30,32,33,36)/t18?,21-,24+/m1/s1. The van der Waals surface area contributed by atoms with Crippen LogP contribution in [0.15, 0.2) is 59.7 Å². The minimum absolute atomic E-state index is 0.162. The Hall–Kier alpha value is -4.38. The number of phosphoric ester groups is 1. The van der Waals surface area contributed by atoms with Crippen LogP contribution in [0.2, 0.25) is 0 Å². The summed E-state index contributed by atoms with van der Waals surface area (Å²) in [6.45, 7) is -1.81. The predicted octanol–water partition coefficient (Wildman–Crippen LogP) is 3.53. The number of H-pyrrole nitrogens is 1. The van der Waals surface area contributed by atoms with Crippen molar-refractivity contribution in [3.63, 3.8) is 0 Å². The number of nitrogen functional groups attached to an aromatic ring is 1. The van der Waals surface area contributed by atoms with Crippen LogP contribution in [-0.2, 0) is 13.8 Å². The van der Waals surface area contributed by atoms with Gasteiger partial charge in [-0.3, -0.25) is 18.9 Å². The van der Waals surface area contributed by atoms with Crippen molar-refractivity contribution >= 4 is 24.9 Å². The Morgan fingerprint density at radius 1 is 1.05 bits per heavy atom. The molecule has 2 aromatic carbocycles. The zero-order valence-corrected chi connectivity index (χ0v) is 23.6. The molecule has 1 unspecified atom stereocenters. The highest BCUT2D eigenvalue weighted by atomic mass is 31.2. The number of aliphatic hydroxyl groups is 1. The molecule has 5 rings (SSSR count). The molecule has 1 fully saturated rings. The fraction of sp³-hybridized carbons (Fsp3) is 0.320. The molecule has 0 saturated carbocycles. The van der Waals surface area contributed by atoms with Gasteiger partial charge in [0.05, 0.1) is 20.5 Å². The van der Waals surface area contributed by atoms with Crippen molar-refractivity contribution in [2.45, 2.75) is 30.3 Å². The lowest BCUT2D eigenvalue weighted by Crippen LogP contribution is -2.57. The summed E-state index contributed by atoms with van der Waals surface area (Å²) in [6.07, 6.45) is -8.48. The van der Waals surface area contributed by atoms with Gasteiger partial charge in [0.2, 0.25) is 11.5 Å². The molecule has 0 bridgehead atoms. The van der Waals surface area contributed by atoms with Crippen LogP contribution in [0.5, 0.6) is 23.0 Å². The number of rotatable bonds is 11. The van der Waals surface area contributed by atoms with Crippen LogP contribution < -0.4 is 29.8 Å². The lowest BCUT2D eigenvalue weighted by molar-refractivity contribution is -0.242. The normalized spacial score (nSPS) is 21.5. The first-order valence-corrected chi connectivity index (χ1v) is 13.9. The van der Waals surface area contributed by atoms with Gasteiger partial charge in [-0.1, -0.05) is 0 Å². The molecule has 0 spiro atoms. The van der Waals surface area contributed by atoms with Gasteiger partial charge in [0.1, 0.15) is 29.6 Å². The number of nitrogens with two attached hydrogens (primary N) is 1. The van der Waals surface area contributed by atoms with Crippen molar-refractivity contribution in [1.29, 1.82) is 0 Å². The van der Waals surface area contributed by atoms with E-state index in [0.29, 0.717) is 16.1 Å². The molecule has 4 N–H and O–H groups in total. The van der Waals surface area contributed by atoms with Crippen LogP contribution in [0.25, 0.3) is 11.2 Å². The fourth-order valence-corrected chi connectivity index (χ4v) is 5.55. The highest BCUT2D eigenvalue weighted by Crippen LogP contribution is 2.56. The second-order valence-electron chi connectivity index (χ2n) is 9.30. The van der Waals surface area contributed by atoms with Gasteiger partial charge >= 0.3 is 13.7 Å². The van der Waals surface area contributed by atoms with Crippen LogP contribution in [0.3, 0.4) is 0 Å². The Kier molecular flexibility index (Phi) is 8.19. The molecular weight excluding hydrogens is 621 g/mol. The monoisotopic (exact) mass is 645 g/mol. The smallest absolute Gasteiger partial charge is 0.497 e. The van der Waals surface area contributed by atoms with E-state index < -0.39 is 67.4 Å². The lowest BCUT2D eigenvalue weighted by atomic mass is 9.95. The summed E-state index contributed by atoms with van der Waals surface area (Å²) in [5.74, 6) is -4.76. The number of aromatic amines is 1. The van der Waals surface area contributed by atoms with E-state index in [1.807, 2.05) is 0 Å². The highest BCUT2D eigenvalue weighted by molar-refractivity contribution is 7.49. The maximum atomic E-state index is 15.6. The summed E-state index contributed by atoms with van der Waals surface area (Å²) in [4.78, 5) is 21.8. The molecule has 4 aromatic rings. The Balaban J connectivity index is 1.49. The number of phosphoric acid groups is 1. The van der Waals surface area contributed by atoms with Gasteiger partial charge in [-0.2, -0.15) is 13.8 Å². The topological polar surface area (TPSA) is 182 Å². The van der Waals surface area contributed by atoms with E-state index >= 15 is 8.78 Å². The predicted molar refractivity (Wildman–Crippen MR) is 143 cm³/mol. The molecule has 19 heteroatoms. The Morgan fingerprint density at radius 3 is 2.07 bits per heavy atom. The largest absolute Gasteiger partial charge is 0.587 e. The second-order valence-corrected chi connectivity index (χ2v) is 10.8. The van der Waals surface area contributed by atoms with Gasteiger partial charge in [-0.15, -0.1) is 0 Å². The minimum Gasteiger partial charge on any atom is -0.497 e. The summed E-state index contributed by atoms with van der Waals surface area (Å²) in [5, 5.41) is 10.6. The zero-order chi connectivity index (χ0) is 31.9. The first-order chi connectivity index (χ1) is 20.8. The molecule has 1 aliphatic heterocycles. The fourth-order valence-electron chi connectivity index (χ4n) is 4.29. The van der Waals surface area contributed by atoms with Crippen molar-refractivity contribution in [1.82, 2.24) is 19.5 Å². The average Bonchev–Trinajstić information content (AvgIpc) is 3.49. The van der Waals surface area contributed by atoms with Crippen LogP contribution in [0, 0.1) is 0 Å². The lowest BCUT2D eigenvalue weighted by Gasteiger charge is -2.33.